The van der Waals surface area contributed by atoms with Gasteiger partial charge in [-0.3, -0.25) is 0 Å². The molecule has 1 fully saturated rings. The smallest absolute Gasteiger partial charge is 0.0808 e. The molecule has 0 aromatic heterocycles. The highest BCUT2D eigenvalue weighted by Crippen LogP contribution is 2.33. The van der Waals surface area contributed by atoms with Gasteiger partial charge in [0, 0.05) is 13.0 Å². The Hall–Kier alpha value is -0.860. The van der Waals surface area contributed by atoms with Crippen molar-refractivity contribution in [3.63, 3.8) is 0 Å². The van der Waals surface area contributed by atoms with E-state index in [1.54, 1.807) is 0 Å². The third-order valence-electron chi connectivity index (χ3n) is 4.32. The van der Waals surface area contributed by atoms with Gasteiger partial charge in [-0.2, -0.15) is 0 Å². The Morgan fingerprint density at radius 2 is 2.06 bits per heavy atom. The van der Waals surface area contributed by atoms with Crippen LogP contribution in [0, 0.1) is 5.92 Å². The van der Waals surface area contributed by atoms with Crippen LogP contribution in [0.25, 0.3) is 0 Å². The van der Waals surface area contributed by atoms with E-state index < -0.39 is 0 Å². The Morgan fingerprint density at radius 1 is 1.24 bits per heavy atom. The van der Waals surface area contributed by atoms with Gasteiger partial charge in [0.2, 0.25) is 0 Å². The molecule has 2 aliphatic carbocycles. The molecule has 2 heteroatoms. The Labute approximate surface area is 103 Å². The average molecular weight is 231 g/mol. The minimum Gasteiger partial charge on any atom is -0.376 e. The van der Waals surface area contributed by atoms with Crippen LogP contribution in [-0.4, -0.2) is 12.7 Å². The summed E-state index contributed by atoms with van der Waals surface area (Å²) >= 11 is 0. The Morgan fingerprint density at radius 3 is 2.76 bits per heavy atom. The quantitative estimate of drug-likeness (QED) is 0.864. The molecule has 0 saturated heterocycles. The maximum absolute atomic E-state index is 6.23. The van der Waals surface area contributed by atoms with E-state index in [-0.39, 0.29) is 12.1 Å². The molecule has 1 saturated carbocycles. The predicted molar refractivity (Wildman–Crippen MR) is 68.8 cm³/mol. The highest BCUT2D eigenvalue weighted by Gasteiger charge is 2.30. The van der Waals surface area contributed by atoms with Gasteiger partial charge in [-0.15, -0.1) is 0 Å². The lowest BCUT2D eigenvalue weighted by atomic mass is 9.83. The largest absolute Gasteiger partial charge is 0.376 e. The fraction of sp³-hybridized carbons (Fsp3) is 0.600. The number of fused-ring (bicyclic) bond motifs is 1. The molecule has 2 aliphatic rings. The Balaban J connectivity index is 1.52. The van der Waals surface area contributed by atoms with Crippen LogP contribution in [0.2, 0.25) is 0 Å². The van der Waals surface area contributed by atoms with Crippen LogP contribution in [0.5, 0.6) is 0 Å². The minimum absolute atomic E-state index is 0.0765. The first-order chi connectivity index (χ1) is 8.34. The first kappa shape index (κ1) is 11.2. The van der Waals surface area contributed by atoms with Crippen LogP contribution < -0.4 is 5.73 Å². The van der Waals surface area contributed by atoms with Crippen molar-refractivity contribution >= 4 is 0 Å². The van der Waals surface area contributed by atoms with Crippen LogP contribution in [0.1, 0.15) is 42.9 Å². The molecule has 2 atom stereocenters. The molecule has 0 heterocycles. The fourth-order valence-electron chi connectivity index (χ4n) is 2.92. The molecule has 0 amide bonds. The van der Waals surface area contributed by atoms with Crippen molar-refractivity contribution in [3.05, 3.63) is 35.4 Å². The first-order valence-electron chi connectivity index (χ1n) is 6.79. The lowest BCUT2D eigenvalue weighted by Gasteiger charge is -2.26. The highest BCUT2D eigenvalue weighted by molar-refractivity contribution is 5.36. The molecule has 2 N–H and O–H groups in total. The summed E-state index contributed by atoms with van der Waals surface area (Å²) in [6.45, 7) is 0.886. The van der Waals surface area contributed by atoms with Gasteiger partial charge in [0.25, 0.3) is 0 Å². The van der Waals surface area contributed by atoms with Crippen molar-refractivity contribution < 1.29 is 4.74 Å². The molecule has 0 spiro atoms. The second kappa shape index (κ2) is 4.79. The summed E-state index contributed by atoms with van der Waals surface area (Å²) in [5, 5.41) is 0. The summed E-state index contributed by atoms with van der Waals surface area (Å²) in [4.78, 5) is 0. The summed E-state index contributed by atoms with van der Waals surface area (Å²) in [7, 11) is 0. The minimum atomic E-state index is 0.0765. The molecule has 0 radical (unpaired) electrons. The summed E-state index contributed by atoms with van der Waals surface area (Å²) < 4.78 is 5.98. The topological polar surface area (TPSA) is 35.2 Å². The Bertz CT molecular complexity index is 386. The molecular weight excluding hydrogens is 210 g/mol. The van der Waals surface area contributed by atoms with E-state index in [0.29, 0.717) is 0 Å². The van der Waals surface area contributed by atoms with E-state index in [9.17, 15) is 0 Å². The van der Waals surface area contributed by atoms with Crippen LogP contribution in [0.3, 0.4) is 0 Å². The zero-order chi connectivity index (χ0) is 11.7. The molecule has 0 bridgehead atoms. The number of ether oxygens (including phenoxy) is 1. The third-order valence-corrected chi connectivity index (χ3v) is 4.32. The van der Waals surface area contributed by atoms with Crippen LogP contribution in [-0.2, 0) is 11.2 Å². The van der Waals surface area contributed by atoms with Crippen molar-refractivity contribution in [3.8, 4) is 0 Å². The number of rotatable bonds is 4. The van der Waals surface area contributed by atoms with E-state index in [0.717, 1.165) is 18.9 Å². The van der Waals surface area contributed by atoms with Crippen LogP contribution >= 0.6 is 0 Å². The lowest BCUT2D eigenvalue weighted by Crippen LogP contribution is -2.26. The fourth-order valence-corrected chi connectivity index (χ4v) is 2.92. The number of hydrogen-bond acceptors (Lipinski definition) is 2. The van der Waals surface area contributed by atoms with Gasteiger partial charge < -0.3 is 10.5 Å². The summed E-state index contributed by atoms with van der Waals surface area (Å²) in [5.74, 6) is 0.926. The zero-order valence-electron chi connectivity index (χ0n) is 10.3. The SMILES string of the molecule is NC1c2ccccc2CC1OCCC1CCC1. The van der Waals surface area contributed by atoms with Crippen molar-refractivity contribution in [2.75, 3.05) is 6.61 Å². The maximum Gasteiger partial charge on any atom is 0.0808 e. The molecule has 3 rings (SSSR count). The van der Waals surface area contributed by atoms with Crippen molar-refractivity contribution in [2.24, 2.45) is 11.7 Å². The number of nitrogens with two attached hydrogens (primary N) is 1. The van der Waals surface area contributed by atoms with Gasteiger partial charge in [0.05, 0.1) is 12.1 Å². The summed E-state index contributed by atoms with van der Waals surface area (Å²) in [6, 6.07) is 8.53. The van der Waals surface area contributed by atoms with E-state index in [1.807, 2.05) is 0 Å². The molecular formula is C15H21NO. The van der Waals surface area contributed by atoms with Gasteiger partial charge in [-0.25, -0.2) is 0 Å². The number of benzene rings is 1. The lowest BCUT2D eigenvalue weighted by molar-refractivity contribution is 0.0295. The molecule has 0 aliphatic heterocycles. The van der Waals surface area contributed by atoms with Crippen LogP contribution in [0.15, 0.2) is 24.3 Å². The van der Waals surface area contributed by atoms with Gasteiger partial charge in [0.15, 0.2) is 0 Å². The first-order valence-corrected chi connectivity index (χ1v) is 6.79. The zero-order valence-corrected chi connectivity index (χ0v) is 10.3. The molecule has 92 valence electrons. The highest BCUT2D eigenvalue weighted by atomic mass is 16.5. The van der Waals surface area contributed by atoms with Crippen molar-refractivity contribution in [1.29, 1.82) is 0 Å². The van der Waals surface area contributed by atoms with Gasteiger partial charge in [-0.05, 0) is 23.5 Å². The predicted octanol–water partition coefficient (Wildman–Crippen LogP) is 2.82. The molecule has 1 aromatic carbocycles. The van der Waals surface area contributed by atoms with Gasteiger partial charge in [0.1, 0.15) is 0 Å². The van der Waals surface area contributed by atoms with Crippen molar-refractivity contribution in [2.45, 2.75) is 44.2 Å². The average Bonchev–Trinajstić information content (AvgIpc) is 2.60. The van der Waals surface area contributed by atoms with Crippen LogP contribution in [0.4, 0.5) is 0 Å². The van der Waals surface area contributed by atoms with Gasteiger partial charge in [-0.1, -0.05) is 43.5 Å². The third kappa shape index (κ3) is 2.24. The monoisotopic (exact) mass is 231 g/mol. The van der Waals surface area contributed by atoms with E-state index in [2.05, 4.69) is 24.3 Å². The van der Waals surface area contributed by atoms with E-state index >= 15 is 0 Å². The summed E-state index contributed by atoms with van der Waals surface area (Å²) in [5.41, 5.74) is 8.88. The molecule has 2 unspecified atom stereocenters. The molecule has 1 aromatic rings. The van der Waals surface area contributed by atoms with Gasteiger partial charge >= 0.3 is 0 Å². The second-order valence-corrected chi connectivity index (χ2v) is 5.42. The van der Waals surface area contributed by atoms with Crippen molar-refractivity contribution in [1.82, 2.24) is 0 Å². The molecule has 17 heavy (non-hydrogen) atoms. The standard InChI is InChI=1S/C15H21NO/c16-15-13-7-2-1-6-12(13)10-14(15)17-9-8-11-4-3-5-11/h1-2,6-7,11,14-15H,3-5,8-10,16H2. The number of hydrogen-bond donors (Lipinski definition) is 1. The van der Waals surface area contributed by atoms with E-state index in [4.69, 9.17) is 10.5 Å². The normalized spacial score (nSPS) is 27.8. The maximum atomic E-state index is 6.23. The Kier molecular flexibility index (Phi) is 3.17. The molecule has 2 nitrogen and oxygen atoms in total. The summed E-state index contributed by atoms with van der Waals surface area (Å²) in [6.07, 6.45) is 6.63. The van der Waals surface area contributed by atoms with E-state index in [1.165, 1.54) is 36.8 Å². The second-order valence-electron chi connectivity index (χ2n) is 5.42.